The van der Waals surface area contributed by atoms with Gasteiger partial charge in [-0.05, 0) is 37.1 Å². The first-order chi connectivity index (χ1) is 6.66. The molecule has 74 valence electrons. The SMILES string of the molecule is Cc1cc(C)cc(N2CCOC2=O)c1. The average molecular weight is 191 g/mol. The van der Waals surface area contributed by atoms with Crippen LogP contribution in [-0.2, 0) is 4.74 Å². The second kappa shape index (κ2) is 3.33. The summed E-state index contributed by atoms with van der Waals surface area (Å²) < 4.78 is 4.89. The lowest BCUT2D eigenvalue weighted by atomic mass is 10.1. The maximum Gasteiger partial charge on any atom is 0.414 e. The molecule has 0 N–H and O–H groups in total. The molecule has 0 bridgehead atoms. The van der Waals surface area contributed by atoms with Gasteiger partial charge in [-0.25, -0.2) is 4.79 Å². The van der Waals surface area contributed by atoms with Crippen LogP contribution in [0, 0.1) is 13.8 Å². The third kappa shape index (κ3) is 1.58. The highest BCUT2D eigenvalue weighted by Gasteiger charge is 2.23. The topological polar surface area (TPSA) is 29.5 Å². The lowest BCUT2D eigenvalue weighted by molar-refractivity contribution is 0.181. The highest BCUT2D eigenvalue weighted by Crippen LogP contribution is 2.21. The van der Waals surface area contributed by atoms with Crippen molar-refractivity contribution in [2.75, 3.05) is 18.1 Å². The van der Waals surface area contributed by atoms with Crippen LogP contribution in [0.15, 0.2) is 18.2 Å². The van der Waals surface area contributed by atoms with E-state index < -0.39 is 0 Å². The number of hydrogen-bond acceptors (Lipinski definition) is 2. The predicted octanol–water partition coefficient (Wildman–Crippen LogP) is 2.26. The maximum atomic E-state index is 11.3. The lowest BCUT2D eigenvalue weighted by Crippen LogP contribution is -2.23. The molecule has 0 radical (unpaired) electrons. The first-order valence-corrected chi connectivity index (χ1v) is 4.69. The number of carbonyl (C=O) groups excluding carboxylic acids is 1. The van der Waals surface area contributed by atoms with Gasteiger partial charge in [0, 0.05) is 5.69 Å². The van der Waals surface area contributed by atoms with Gasteiger partial charge in [0.2, 0.25) is 0 Å². The van der Waals surface area contributed by atoms with E-state index in [1.54, 1.807) is 4.90 Å². The normalized spacial score (nSPS) is 15.9. The molecule has 0 saturated carbocycles. The lowest BCUT2D eigenvalue weighted by Gasteiger charge is -2.13. The Bertz CT molecular complexity index is 353. The van der Waals surface area contributed by atoms with Gasteiger partial charge in [0.1, 0.15) is 6.61 Å². The molecule has 0 aromatic heterocycles. The summed E-state index contributed by atoms with van der Waals surface area (Å²) in [6.45, 7) is 5.20. The Labute approximate surface area is 83.3 Å². The summed E-state index contributed by atoms with van der Waals surface area (Å²) in [5.41, 5.74) is 3.27. The van der Waals surface area contributed by atoms with Crippen molar-refractivity contribution in [3.63, 3.8) is 0 Å². The van der Waals surface area contributed by atoms with E-state index in [1.807, 2.05) is 26.0 Å². The maximum absolute atomic E-state index is 11.3. The van der Waals surface area contributed by atoms with E-state index in [4.69, 9.17) is 4.74 Å². The Balaban J connectivity index is 2.35. The monoisotopic (exact) mass is 191 g/mol. The van der Waals surface area contributed by atoms with E-state index in [-0.39, 0.29) is 6.09 Å². The number of amides is 1. The molecule has 0 aliphatic carbocycles. The van der Waals surface area contributed by atoms with Crippen molar-refractivity contribution in [2.45, 2.75) is 13.8 Å². The van der Waals surface area contributed by atoms with Gasteiger partial charge in [0.25, 0.3) is 0 Å². The van der Waals surface area contributed by atoms with Crippen LogP contribution in [0.4, 0.5) is 10.5 Å². The van der Waals surface area contributed by atoms with Gasteiger partial charge in [-0.3, -0.25) is 4.90 Å². The minimum absolute atomic E-state index is 0.241. The Morgan fingerprint density at radius 1 is 1.21 bits per heavy atom. The largest absolute Gasteiger partial charge is 0.447 e. The molecular formula is C11H13NO2. The number of benzene rings is 1. The highest BCUT2D eigenvalue weighted by molar-refractivity contribution is 5.89. The fourth-order valence-electron chi connectivity index (χ4n) is 1.73. The number of rotatable bonds is 1. The fraction of sp³-hybridized carbons (Fsp3) is 0.364. The van der Waals surface area contributed by atoms with Gasteiger partial charge >= 0.3 is 6.09 Å². The fourth-order valence-corrected chi connectivity index (χ4v) is 1.73. The molecule has 1 aromatic rings. The van der Waals surface area contributed by atoms with Crippen LogP contribution in [0.2, 0.25) is 0 Å². The van der Waals surface area contributed by atoms with Crippen molar-refractivity contribution in [1.29, 1.82) is 0 Å². The van der Waals surface area contributed by atoms with Gasteiger partial charge < -0.3 is 4.74 Å². The van der Waals surface area contributed by atoms with E-state index in [0.29, 0.717) is 13.2 Å². The van der Waals surface area contributed by atoms with Crippen molar-refractivity contribution < 1.29 is 9.53 Å². The summed E-state index contributed by atoms with van der Waals surface area (Å²) in [6.07, 6.45) is -0.241. The predicted molar refractivity (Wildman–Crippen MR) is 54.6 cm³/mol. The zero-order chi connectivity index (χ0) is 10.1. The van der Waals surface area contributed by atoms with Crippen LogP contribution in [0.25, 0.3) is 0 Å². The molecular weight excluding hydrogens is 178 g/mol. The van der Waals surface area contributed by atoms with Crippen molar-refractivity contribution in [3.8, 4) is 0 Å². The van der Waals surface area contributed by atoms with Crippen LogP contribution in [0.3, 0.4) is 0 Å². The first-order valence-electron chi connectivity index (χ1n) is 4.69. The summed E-state index contributed by atoms with van der Waals surface area (Å²) in [7, 11) is 0. The molecule has 1 heterocycles. The third-order valence-corrected chi connectivity index (χ3v) is 2.28. The van der Waals surface area contributed by atoms with Crippen LogP contribution < -0.4 is 4.90 Å². The minimum Gasteiger partial charge on any atom is -0.447 e. The number of hydrogen-bond donors (Lipinski definition) is 0. The van der Waals surface area contributed by atoms with Crippen molar-refractivity contribution in [3.05, 3.63) is 29.3 Å². The number of cyclic esters (lactones) is 1. The number of aryl methyl sites for hydroxylation is 2. The molecule has 1 aromatic carbocycles. The summed E-state index contributed by atoms with van der Waals surface area (Å²) in [5.74, 6) is 0. The van der Waals surface area contributed by atoms with Gasteiger partial charge in [-0.2, -0.15) is 0 Å². The van der Waals surface area contributed by atoms with Crippen LogP contribution >= 0.6 is 0 Å². The molecule has 2 rings (SSSR count). The molecule has 0 unspecified atom stereocenters. The van der Waals surface area contributed by atoms with E-state index in [0.717, 1.165) is 5.69 Å². The smallest absolute Gasteiger partial charge is 0.414 e. The Morgan fingerprint density at radius 2 is 1.86 bits per heavy atom. The molecule has 3 heteroatoms. The standard InChI is InChI=1S/C11H13NO2/c1-8-5-9(2)7-10(6-8)12-3-4-14-11(12)13/h5-7H,3-4H2,1-2H3. The molecule has 1 aliphatic heterocycles. The summed E-state index contributed by atoms with van der Waals surface area (Å²) in [5, 5.41) is 0. The Morgan fingerprint density at radius 3 is 2.36 bits per heavy atom. The quantitative estimate of drug-likeness (QED) is 0.681. The minimum atomic E-state index is -0.241. The molecule has 1 aliphatic rings. The van der Waals surface area contributed by atoms with E-state index in [1.165, 1.54) is 11.1 Å². The van der Waals surface area contributed by atoms with Gasteiger partial charge in [-0.1, -0.05) is 6.07 Å². The van der Waals surface area contributed by atoms with Gasteiger partial charge in [-0.15, -0.1) is 0 Å². The molecule has 0 atom stereocenters. The van der Waals surface area contributed by atoms with Crippen molar-refractivity contribution in [2.24, 2.45) is 0 Å². The van der Waals surface area contributed by atoms with E-state index >= 15 is 0 Å². The zero-order valence-electron chi connectivity index (χ0n) is 8.41. The molecule has 1 fully saturated rings. The summed E-state index contributed by atoms with van der Waals surface area (Å²) in [6, 6.07) is 6.09. The van der Waals surface area contributed by atoms with Crippen molar-refractivity contribution in [1.82, 2.24) is 0 Å². The Hall–Kier alpha value is -1.51. The van der Waals surface area contributed by atoms with E-state index in [2.05, 4.69) is 6.07 Å². The van der Waals surface area contributed by atoms with Gasteiger partial charge in [0.05, 0.1) is 6.54 Å². The number of anilines is 1. The molecule has 14 heavy (non-hydrogen) atoms. The van der Waals surface area contributed by atoms with Crippen LogP contribution in [0.5, 0.6) is 0 Å². The van der Waals surface area contributed by atoms with E-state index in [9.17, 15) is 4.79 Å². The van der Waals surface area contributed by atoms with Crippen LogP contribution in [-0.4, -0.2) is 19.2 Å². The third-order valence-electron chi connectivity index (χ3n) is 2.28. The second-order valence-corrected chi connectivity index (χ2v) is 3.61. The highest BCUT2D eigenvalue weighted by atomic mass is 16.6. The first kappa shape index (κ1) is 9.06. The molecule has 3 nitrogen and oxygen atoms in total. The van der Waals surface area contributed by atoms with Gasteiger partial charge in [0.15, 0.2) is 0 Å². The number of carbonyl (C=O) groups is 1. The molecule has 1 amide bonds. The van der Waals surface area contributed by atoms with Crippen molar-refractivity contribution >= 4 is 11.8 Å². The number of nitrogens with zero attached hydrogens (tertiary/aromatic N) is 1. The zero-order valence-corrected chi connectivity index (χ0v) is 8.41. The Kier molecular flexibility index (Phi) is 2.15. The molecule has 1 saturated heterocycles. The molecule has 0 spiro atoms. The summed E-state index contributed by atoms with van der Waals surface area (Å²) >= 11 is 0. The number of ether oxygens (including phenoxy) is 1. The van der Waals surface area contributed by atoms with Crippen LogP contribution in [0.1, 0.15) is 11.1 Å². The average Bonchev–Trinajstić information content (AvgIpc) is 2.49. The summed E-state index contributed by atoms with van der Waals surface area (Å²) in [4.78, 5) is 13.0. The second-order valence-electron chi connectivity index (χ2n) is 3.61.